The van der Waals surface area contributed by atoms with Crippen LogP contribution in [0.25, 0.3) is 16.9 Å². The first-order valence-electron chi connectivity index (χ1n) is 5.54. The summed E-state index contributed by atoms with van der Waals surface area (Å²) < 4.78 is 2.22. The van der Waals surface area contributed by atoms with Crippen LogP contribution in [0.2, 0.25) is 0 Å². The Kier molecular flexibility index (Phi) is 2.45. The largest absolute Gasteiger partial charge is 0.329 e. The zero-order chi connectivity index (χ0) is 12.7. The minimum absolute atomic E-state index is 0.459. The Morgan fingerprint density at radius 1 is 1.28 bits per heavy atom. The maximum Gasteiger partial charge on any atom is 0.167 e. The van der Waals surface area contributed by atoms with Crippen molar-refractivity contribution in [3.8, 4) is 5.69 Å². The Hall–Kier alpha value is -2.08. The molecule has 0 radical (unpaired) electrons. The van der Waals surface area contributed by atoms with Crippen molar-refractivity contribution in [2.24, 2.45) is 0 Å². The lowest BCUT2D eigenvalue weighted by atomic mass is 10.1. The molecule has 0 spiro atoms. The molecule has 0 bridgehead atoms. The average molecular weight is 257 g/mol. The first-order valence-corrected chi connectivity index (χ1v) is 5.95. The molecule has 3 rings (SSSR count). The molecule has 0 aliphatic carbocycles. The Bertz CT molecular complexity index is 787. The SMILES string of the molecule is Cc1cccc(-n2nnc3c(=S)nc[nH]c32)c1C. The van der Waals surface area contributed by atoms with Crippen LogP contribution in [0.15, 0.2) is 24.5 Å². The van der Waals surface area contributed by atoms with Crippen molar-refractivity contribution in [3.05, 3.63) is 40.3 Å². The van der Waals surface area contributed by atoms with Gasteiger partial charge in [-0.15, -0.1) is 5.10 Å². The molecule has 0 fully saturated rings. The van der Waals surface area contributed by atoms with Crippen molar-refractivity contribution in [3.63, 3.8) is 0 Å². The van der Waals surface area contributed by atoms with Crippen molar-refractivity contribution in [1.29, 1.82) is 0 Å². The summed E-state index contributed by atoms with van der Waals surface area (Å²) in [5, 5.41) is 8.24. The second kappa shape index (κ2) is 3.99. The summed E-state index contributed by atoms with van der Waals surface area (Å²) in [6.07, 6.45) is 1.57. The number of aryl methyl sites for hydroxylation is 1. The highest BCUT2D eigenvalue weighted by Crippen LogP contribution is 2.19. The molecule has 90 valence electrons. The lowest BCUT2D eigenvalue weighted by Crippen LogP contribution is -2.01. The molecule has 1 N–H and O–H groups in total. The van der Waals surface area contributed by atoms with Crippen molar-refractivity contribution in [1.82, 2.24) is 25.0 Å². The zero-order valence-electron chi connectivity index (χ0n) is 10.0. The third-order valence-corrected chi connectivity index (χ3v) is 3.36. The van der Waals surface area contributed by atoms with Crippen molar-refractivity contribution >= 4 is 23.4 Å². The molecule has 0 aliphatic heterocycles. The zero-order valence-corrected chi connectivity index (χ0v) is 10.8. The third-order valence-electron chi connectivity index (χ3n) is 3.06. The molecular weight excluding hydrogens is 246 g/mol. The minimum Gasteiger partial charge on any atom is -0.329 e. The van der Waals surface area contributed by atoms with Crippen LogP contribution in [0.4, 0.5) is 0 Å². The van der Waals surface area contributed by atoms with Gasteiger partial charge in [0, 0.05) is 0 Å². The fourth-order valence-electron chi connectivity index (χ4n) is 1.90. The number of nitrogens with zero attached hydrogens (tertiary/aromatic N) is 4. The van der Waals surface area contributed by atoms with Gasteiger partial charge in [0.05, 0.1) is 12.0 Å². The van der Waals surface area contributed by atoms with Crippen molar-refractivity contribution in [2.75, 3.05) is 0 Å². The molecule has 0 saturated carbocycles. The van der Waals surface area contributed by atoms with Gasteiger partial charge in [-0.25, -0.2) is 4.98 Å². The summed E-state index contributed by atoms with van der Waals surface area (Å²) in [6, 6.07) is 6.08. The van der Waals surface area contributed by atoms with E-state index in [1.54, 1.807) is 11.0 Å². The molecule has 5 nitrogen and oxygen atoms in total. The number of aromatic amines is 1. The van der Waals surface area contributed by atoms with Gasteiger partial charge in [-0.2, -0.15) is 4.68 Å². The number of fused-ring (bicyclic) bond motifs is 1. The van der Waals surface area contributed by atoms with Crippen LogP contribution in [-0.4, -0.2) is 25.0 Å². The average Bonchev–Trinajstić information content (AvgIpc) is 2.78. The first-order chi connectivity index (χ1) is 8.68. The van der Waals surface area contributed by atoms with Gasteiger partial charge in [-0.3, -0.25) is 0 Å². The first kappa shape index (κ1) is 11.0. The normalized spacial score (nSPS) is 11.0. The second-order valence-electron chi connectivity index (χ2n) is 4.13. The van der Waals surface area contributed by atoms with Crippen LogP contribution in [-0.2, 0) is 0 Å². The standard InChI is InChI=1S/C12H11N5S/c1-7-4-3-5-9(8(7)2)17-11-10(15-16-17)12(18)14-6-13-11/h3-6H,1-2H3,(H,13,14,18). The molecule has 0 aliphatic rings. The summed E-state index contributed by atoms with van der Waals surface area (Å²) in [7, 11) is 0. The molecule has 3 aromatic rings. The minimum atomic E-state index is 0.459. The number of hydrogen-bond donors (Lipinski definition) is 1. The monoisotopic (exact) mass is 257 g/mol. The van der Waals surface area contributed by atoms with Gasteiger partial charge in [0.25, 0.3) is 0 Å². The second-order valence-corrected chi connectivity index (χ2v) is 4.51. The number of rotatable bonds is 1. The summed E-state index contributed by atoms with van der Waals surface area (Å²) >= 11 is 5.13. The fourth-order valence-corrected chi connectivity index (χ4v) is 2.09. The summed E-state index contributed by atoms with van der Waals surface area (Å²) in [5.74, 6) is 0. The molecule has 18 heavy (non-hydrogen) atoms. The van der Waals surface area contributed by atoms with Gasteiger partial charge < -0.3 is 4.98 Å². The van der Waals surface area contributed by atoms with E-state index >= 15 is 0 Å². The van der Waals surface area contributed by atoms with Crippen LogP contribution < -0.4 is 0 Å². The molecule has 6 heteroatoms. The Labute approximate surface area is 108 Å². The summed E-state index contributed by atoms with van der Waals surface area (Å²) in [6.45, 7) is 4.13. The smallest absolute Gasteiger partial charge is 0.167 e. The van der Waals surface area contributed by atoms with Crippen LogP contribution in [0, 0.1) is 18.5 Å². The topological polar surface area (TPSA) is 59.4 Å². The highest BCUT2D eigenvalue weighted by atomic mass is 32.1. The quantitative estimate of drug-likeness (QED) is 0.680. The fraction of sp³-hybridized carbons (Fsp3) is 0.167. The molecule has 0 saturated heterocycles. The molecular formula is C12H11N5S. The van der Waals surface area contributed by atoms with Gasteiger partial charge in [-0.05, 0) is 31.0 Å². The highest BCUT2D eigenvalue weighted by Gasteiger charge is 2.10. The van der Waals surface area contributed by atoms with E-state index in [2.05, 4.69) is 40.2 Å². The van der Waals surface area contributed by atoms with E-state index in [-0.39, 0.29) is 0 Å². The van der Waals surface area contributed by atoms with Gasteiger partial charge in [0.1, 0.15) is 0 Å². The lowest BCUT2D eigenvalue weighted by molar-refractivity contribution is 0.811. The Balaban J connectivity index is 2.36. The third kappa shape index (κ3) is 1.53. The number of benzene rings is 1. The van der Waals surface area contributed by atoms with E-state index < -0.39 is 0 Å². The lowest BCUT2D eigenvalue weighted by Gasteiger charge is -2.08. The predicted molar refractivity (Wildman–Crippen MR) is 71.3 cm³/mol. The maximum absolute atomic E-state index is 5.13. The van der Waals surface area contributed by atoms with Gasteiger partial charge in [0.15, 0.2) is 15.8 Å². The number of hydrogen-bond acceptors (Lipinski definition) is 4. The molecule has 0 amide bonds. The van der Waals surface area contributed by atoms with Crippen molar-refractivity contribution in [2.45, 2.75) is 13.8 Å². The van der Waals surface area contributed by atoms with Gasteiger partial charge in [-0.1, -0.05) is 29.6 Å². The molecule has 1 aromatic carbocycles. The van der Waals surface area contributed by atoms with Crippen LogP contribution in [0.5, 0.6) is 0 Å². The maximum atomic E-state index is 5.13. The highest BCUT2D eigenvalue weighted by molar-refractivity contribution is 7.71. The molecule has 0 atom stereocenters. The van der Waals surface area contributed by atoms with E-state index in [0.717, 1.165) is 11.3 Å². The van der Waals surface area contributed by atoms with E-state index in [0.29, 0.717) is 10.2 Å². The van der Waals surface area contributed by atoms with Crippen molar-refractivity contribution < 1.29 is 0 Å². The van der Waals surface area contributed by atoms with Gasteiger partial charge in [0.2, 0.25) is 0 Å². The van der Waals surface area contributed by atoms with Crippen LogP contribution in [0.3, 0.4) is 0 Å². The van der Waals surface area contributed by atoms with E-state index in [4.69, 9.17) is 12.2 Å². The van der Waals surface area contributed by atoms with Crippen LogP contribution >= 0.6 is 12.2 Å². The summed E-state index contributed by atoms with van der Waals surface area (Å²) in [4.78, 5) is 7.04. The Morgan fingerprint density at radius 2 is 2.11 bits per heavy atom. The predicted octanol–water partition coefficient (Wildman–Crippen LogP) is 2.49. The molecule has 0 unspecified atom stereocenters. The van der Waals surface area contributed by atoms with E-state index in [1.165, 1.54) is 11.1 Å². The Morgan fingerprint density at radius 3 is 2.94 bits per heavy atom. The van der Waals surface area contributed by atoms with E-state index in [9.17, 15) is 0 Å². The number of aromatic nitrogens is 5. The van der Waals surface area contributed by atoms with E-state index in [1.807, 2.05) is 12.1 Å². The number of nitrogens with one attached hydrogen (secondary N) is 1. The van der Waals surface area contributed by atoms with Crippen LogP contribution in [0.1, 0.15) is 11.1 Å². The van der Waals surface area contributed by atoms with Gasteiger partial charge >= 0.3 is 0 Å². The molecule has 2 aromatic heterocycles. The number of H-pyrrole nitrogens is 1. The molecule has 2 heterocycles. The summed E-state index contributed by atoms with van der Waals surface area (Å²) in [5.41, 5.74) is 4.76.